The molecule has 0 bridgehead atoms. The van der Waals surface area contributed by atoms with E-state index in [9.17, 15) is 14.7 Å². The smallest absolute Gasteiger partial charge is 0.326 e. The van der Waals surface area contributed by atoms with Crippen molar-refractivity contribution in [1.82, 2.24) is 25.1 Å². The third kappa shape index (κ3) is 3.36. The highest BCUT2D eigenvalue weighted by Gasteiger charge is 2.32. The van der Waals surface area contributed by atoms with E-state index in [0.717, 1.165) is 18.4 Å². The summed E-state index contributed by atoms with van der Waals surface area (Å²) in [6.45, 7) is 0.347. The molecule has 1 unspecified atom stereocenters. The normalized spacial score (nSPS) is 17.9. The number of nitrogens with zero attached hydrogens (tertiary/aromatic N) is 5. The van der Waals surface area contributed by atoms with Gasteiger partial charge in [-0.3, -0.25) is 4.79 Å². The summed E-state index contributed by atoms with van der Waals surface area (Å²) in [5.41, 5.74) is 0.813. The van der Waals surface area contributed by atoms with Crippen molar-refractivity contribution in [2.45, 2.75) is 31.8 Å². The van der Waals surface area contributed by atoms with Gasteiger partial charge in [-0.05, 0) is 24.5 Å². The van der Waals surface area contributed by atoms with Gasteiger partial charge in [0, 0.05) is 12.1 Å². The third-order valence-corrected chi connectivity index (χ3v) is 3.87. The summed E-state index contributed by atoms with van der Waals surface area (Å²) in [5, 5.41) is 21.2. The monoisotopic (exact) mass is 315 g/mol. The lowest BCUT2D eigenvalue weighted by molar-refractivity contribution is -0.152. The Hall–Kier alpha value is -2.77. The van der Waals surface area contributed by atoms with Crippen molar-refractivity contribution in [2.24, 2.45) is 0 Å². The van der Waals surface area contributed by atoms with Crippen molar-refractivity contribution < 1.29 is 14.7 Å². The highest BCUT2D eigenvalue weighted by Crippen LogP contribution is 2.18. The van der Waals surface area contributed by atoms with Crippen LogP contribution in [0, 0.1) is 0 Å². The van der Waals surface area contributed by atoms with Crippen molar-refractivity contribution in [1.29, 1.82) is 0 Å². The van der Waals surface area contributed by atoms with E-state index >= 15 is 0 Å². The van der Waals surface area contributed by atoms with Crippen LogP contribution in [0.2, 0.25) is 0 Å². The fourth-order valence-electron chi connectivity index (χ4n) is 2.71. The second-order valence-corrected chi connectivity index (χ2v) is 5.45. The van der Waals surface area contributed by atoms with Crippen LogP contribution in [0.15, 0.2) is 30.3 Å². The summed E-state index contributed by atoms with van der Waals surface area (Å²) >= 11 is 0. The molecular weight excluding hydrogens is 298 g/mol. The Bertz CT molecular complexity index is 700. The van der Waals surface area contributed by atoms with Crippen LogP contribution in [0.4, 0.5) is 0 Å². The summed E-state index contributed by atoms with van der Waals surface area (Å²) in [6.07, 6.45) is 2.12. The second-order valence-electron chi connectivity index (χ2n) is 5.45. The number of tetrazole rings is 1. The number of hydrogen-bond donors (Lipinski definition) is 1. The number of amides is 1. The van der Waals surface area contributed by atoms with Gasteiger partial charge in [-0.1, -0.05) is 30.3 Å². The van der Waals surface area contributed by atoms with Gasteiger partial charge in [-0.15, -0.1) is 10.2 Å². The number of likely N-dealkylation sites (tertiary alicyclic amines) is 1. The predicted molar refractivity (Wildman–Crippen MR) is 80.2 cm³/mol. The zero-order valence-corrected chi connectivity index (χ0v) is 12.5. The number of carbonyl (C=O) groups is 2. The molecule has 8 nitrogen and oxygen atoms in total. The van der Waals surface area contributed by atoms with E-state index in [-0.39, 0.29) is 12.5 Å². The van der Waals surface area contributed by atoms with E-state index in [1.165, 1.54) is 9.70 Å². The summed E-state index contributed by atoms with van der Waals surface area (Å²) < 4.78 is 0. The molecule has 0 spiro atoms. The van der Waals surface area contributed by atoms with Gasteiger partial charge in [0.25, 0.3) is 0 Å². The highest BCUT2D eigenvalue weighted by molar-refractivity contribution is 5.83. The summed E-state index contributed by atoms with van der Waals surface area (Å²) in [6, 6.07) is 8.58. The molecule has 23 heavy (non-hydrogen) atoms. The second kappa shape index (κ2) is 6.55. The van der Waals surface area contributed by atoms with Gasteiger partial charge in [0.15, 0.2) is 0 Å². The van der Waals surface area contributed by atoms with Crippen LogP contribution in [0.25, 0.3) is 11.4 Å². The Morgan fingerprint density at radius 1 is 1.22 bits per heavy atom. The molecule has 0 saturated carbocycles. The zero-order valence-electron chi connectivity index (χ0n) is 12.5. The van der Waals surface area contributed by atoms with Crippen molar-refractivity contribution in [3.8, 4) is 11.4 Å². The highest BCUT2D eigenvalue weighted by atomic mass is 16.4. The zero-order chi connectivity index (χ0) is 16.2. The maximum Gasteiger partial charge on any atom is 0.326 e. The molecule has 1 amide bonds. The fraction of sp³-hybridized carbons (Fsp3) is 0.400. The molecule has 1 fully saturated rings. The van der Waals surface area contributed by atoms with Crippen LogP contribution in [-0.4, -0.2) is 54.7 Å². The summed E-state index contributed by atoms with van der Waals surface area (Å²) in [4.78, 5) is 26.2. The molecule has 0 radical (unpaired) electrons. The average Bonchev–Trinajstić information content (AvgIpc) is 3.04. The first-order chi connectivity index (χ1) is 11.1. The lowest BCUT2D eigenvalue weighted by atomic mass is 10.0. The quantitative estimate of drug-likeness (QED) is 0.896. The van der Waals surface area contributed by atoms with Crippen LogP contribution < -0.4 is 0 Å². The minimum absolute atomic E-state index is 0.108. The number of carboxylic acid groups (broad SMARTS) is 1. The molecule has 1 aliphatic heterocycles. The Labute approximate surface area is 132 Å². The standard InChI is InChI=1S/C15H17N5O3/c21-13(19-9-5-4-8-12(19)15(22)23)10-20-17-14(16-18-20)11-6-2-1-3-7-11/h1-3,6-7,12H,4-5,8-10H2,(H,22,23). The number of hydrogen-bond acceptors (Lipinski definition) is 5. The van der Waals surface area contributed by atoms with E-state index in [0.29, 0.717) is 18.8 Å². The molecule has 0 aliphatic carbocycles. The molecule has 1 aromatic carbocycles. The van der Waals surface area contributed by atoms with Gasteiger partial charge in [0.2, 0.25) is 11.7 Å². The average molecular weight is 315 g/mol. The molecule has 1 saturated heterocycles. The topological polar surface area (TPSA) is 101 Å². The molecular formula is C15H17N5O3. The number of rotatable bonds is 4. The first-order valence-electron chi connectivity index (χ1n) is 7.50. The maximum absolute atomic E-state index is 12.4. The van der Waals surface area contributed by atoms with Gasteiger partial charge in [0.1, 0.15) is 12.6 Å². The SMILES string of the molecule is O=C(O)C1CCCCN1C(=O)Cn1nnc(-c2ccccc2)n1. The van der Waals surface area contributed by atoms with E-state index in [1.807, 2.05) is 30.3 Å². The molecule has 8 heteroatoms. The Morgan fingerprint density at radius 3 is 2.74 bits per heavy atom. The Morgan fingerprint density at radius 2 is 2.00 bits per heavy atom. The van der Waals surface area contributed by atoms with Crippen LogP contribution in [0.3, 0.4) is 0 Å². The number of carbonyl (C=O) groups excluding carboxylic acids is 1. The van der Waals surface area contributed by atoms with Crippen LogP contribution in [0.5, 0.6) is 0 Å². The first kappa shape index (κ1) is 15.1. The van der Waals surface area contributed by atoms with Crippen molar-refractivity contribution in [3.05, 3.63) is 30.3 Å². The molecule has 1 atom stereocenters. The number of carboxylic acids is 1. The molecule has 2 heterocycles. The molecule has 1 aromatic heterocycles. The van der Waals surface area contributed by atoms with Gasteiger partial charge in [-0.2, -0.15) is 4.80 Å². The lowest BCUT2D eigenvalue weighted by Gasteiger charge is -2.32. The largest absolute Gasteiger partial charge is 0.480 e. The van der Waals surface area contributed by atoms with Crippen LogP contribution in [-0.2, 0) is 16.1 Å². The number of benzene rings is 1. The fourth-order valence-corrected chi connectivity index (χ4v) is 2.71. The Balaban J connectivity index is 1.70. The van der Waals surface area contributed by atoms with Crippen LogP contribution in [0.1, 0.15) is 19.3 Å². The molecule has 1 aliphatic rings. The van der Waals surface area contributed by atoms with Crippen molar-refractivity contribution in [3.63, 3.8) is 0 Å². The van der Waals surface area contributed by atoms with E-state index in [1.54, 1.807) is 0 Å². The van der Waals surface area contributed by atoms with Gasteiger partial charge >= 0.3 is 5.97 Å². The number of aromatic nitrogens is 4. The predicted octanol–water partition coefficient (Wildman–Crippen LogP) is 0.806. The minimum atomic E-state index is -0.963. The van der Waals surface area contributed by atoms with Crippen molar-refractivity contribution >= 4 is 11.9 Å². The third-order valence-electron chi connectivity index (χ3n) is 3.87. The summed E-state index contributed by atoms with van der Waals surface area (Å²) in [5.74, 6) is -0.824. The maximum atomic E-state index is 12.4. The molecule has 2 aromatic rings. The number of aliphatic carboxylic acids is 1. The van der Waals surface area contributed by atoms with E-state index in [4.69, 9.17) is 0 Å². The minimum Gasteiger partial charge on any atom is -0.480 e. The lowest BCUT2D eigenvalue weighted by Crippen LogP contribution is -2.49. The summed E-state index contributed by atoms with van der Waals surface area (Å²) in [7, 11) is 0. The molecule has 1 N–H and O–H groups in total. The van der Waals surface area contributed by atoms with Gasteiger partial charge in [-0.25, -0.2) is 4.79 Å². The number of piperidine rings is 1. The van der Waals surface area contributed by atoms with Gasteiger partial charge in [0.05, 0.1) is 0 Å². The van der Waals surface area contributed by atoms with E-state index < -0.39 is 12.0 Å². The van der Waals surface area contributed by atoms with Gasteiger partial charge < -0.3 is 10.0 Å². The molecule has 120 valence electrons. The molecule has 3 rings (SSSR count). The van der Waals surface area contributed by atoms with Crippen molar-refractivity contribution in [2.75, 3.05) is 6.54 Å². The Kier molecular flexibility index (Phi) is 4.31. The van der Waals surface area contributed by atoms with Crippen LogP contribution >= 0.6 is 0 Å². The van der Waals surface area contributed by atoms with E-state index in [2.05, 4.69) is 15.4 Å². The first-order valence-corrected chi connectivity index (χ1v) is 7.50.